The van der Waals surface area contributed by atoms with Gasteiger partial charge in [0.05, 0.1) is 11.4 Å². The number of carbonyl (C=O) groups is 1. The highest BCUT2D eigenvalue weighted by Gasteiger charge is 2.43. The first kappa shape index (κ1) is 14.3. The molecule has 4 rings (SSSR count). The van der Waals surface area contributed by atoms with Crippen LogP contribution in [0.3, 0.4) is 0 Å². The standard InChI is InChI=1S/C17H15ClN4O/c1-10-6-17-20-12(8-16(18)22(17)21-10)7-15(23)14-9-13(14)11-2-4-19-5-3-11/h2-6,8,13-14H,7,9H2,1H3/t13-,14+/m0/s1. The molecule has 23 heavy (non-hydrogen) atoms. The summed E-state index contributed by atoms with van der Waals surface area (Å²) in [5.41, 5.74) is 3.42. The summed E-state index contributed by atoms with van der Waals surface area (Å²) in [7, 11) is 0. The molecule has 3 aromatic heterocycles. The van der Waals surface area contributed by atoms with E-state index in [1.807, 2.05) is 25.1 Å². The van der Waals surface area contributed by atoms with Crippen molar-refractivity contribution in [2.75, 3.05) is 0 Å². The molecule has 5 nitrogen and oxygen atoms in total. The van der Waals surface area contributed by atoms with Crippen molar-refractivity contribution in [2.24, 2.45) is 5.92 Å². The second-order valence-corrected chi connectivity index (χ2v) is 6.39. The van der Waals surface area contributed by atoms with Crippen LogP contribution >= 0.6 is 11.6 Å². The van der Waals surface area contributed by atoms with Gasteiger partial charge in [0.15, 0.2) is 5.65 Å². The van der Waals surface area contributed by atoms with Gasteiger partial charge in [-0.1, -0.05) is 11.6 Å². The van der Waals surface area contributed by atoms with Crippen molar-refractivity contribution in [1.29, 1.82) is 0 Å². The van der Waals surface area contributed by atoms with Crippen molar-refractivity contribution >= 4 is 23.0 Å². The summed E-state index contributed by atoms with van der Waals surface area (Å²) < 4.78 is 1.59. The quantitative estimate of drug-likeness (QED) is 0.691. The van der Waals surface area contributed by atoms with Gasteiger partial charge in [0.1, 0.15) is 10.9 Å². The van der Waals surface area contributed by atoms with Gasteiger partial charge in [0, 0.05) is 30.8 Å². The van der Waals surface area contributed by atoms with E-state index < -0.39 is 0 Å². The SMILES string of the molecule is Cc1cc2nc(CC(=O)[C@@H]3C[C@H]3c3ccncc3)cc(Cl)n2n1. The van der Waals surface area contributed by atoms with E-state index in [1.54, 1.807) is 23.0 Å². The molecule has 1 fully saturated rings. The Labute approximate surface area is 138 Å². The zero-order valence-corrected chi connectivity index (χ0v) is 13.4. The molecule has 1 aliphatic carbocycles. The third-order valence-corrected chi connectivity index (χ3v) is 4.52. The number of halogens is 1. The second-order valence-electron chi connectivity index (χ2n) is 6.00. The predicted molar refractivity (Wildman–Crippen MR) is 86.5 cm³/mol. The van der Waals surface area contributed by atoms with Gasteiger partial charge in [-0.15, -0.1) is 0 Å². The van der Waals surface area contributed by atoms with Gasteiger partial charge in [-0.2, -0.15) is 5.10 Å². The van der Waals surface area contributed by atoms with Gasteiger partial charge in [-0.3, -0.25) is 9.78 Å². The molecular formula is C17H15ClN4O. The van der Waals surface area contributed by atoms with Crippen LogP contribution in [0.2, 0.25) is 5.15 Å². The van der Waals surface area contributed by atoms with Crippen molar-refractivity contribution in [3.05, 3.63) is 58.8 Å². The molecule has 0 N–H and O–H groups in total. The lowest BCUT2D eigenvalue weighted by atomic mass is 10.1. The lowest BCUT2D eigenvalue weighted by molar-refractivity contribution is -0.119. The predicted octanol–water partition coefficient (Wildman–Crippen LogP) is 3.00. The molecule has 0 spiro atoms. The fourth-order valence-electron chi connectivity index (χ4n) is 3.03. The number of Topliss-reactive ketones (excluding diaryl/α,β-unsaturated/α-hetero) is 1. The molecule has 6 heteroatoms. The summed E-state index contributed by atoms with van der Waals surface area (Å²) in [6.07, 6.45) is 4.76. The molecule has 0 bridgehead atoms. The van der Waals surface area contributed by atoms with Crippen molar-refractivity contribution in [2.45, 2.75) is 25.7 Å². The maximum atomic E-state index is 12.5. The maximum absolute atomic E-state index is 12.5. The third kappa shape index (κ3) is 2.72. The molecule has 0 unspecified atom stereocenters. The van der Waals surface area contributed by atoms with Crippen LogP contribution in [0.1, 0.15) is 29.3 Å². The normalized spacial score (nSPS) is 19.9. The molecule has 0 radical (unpaired) electrons. The minimum atomic E-state index is 0.0841. The summed E-state index contributed by atoms with van der Waals surface area (Å²) in [5.74, 6) is 0.624. The van der Waals surface area contributed by atoms with Crippen molar-refractivity contribution in [3.8, 4) is 0 Å². The molecule has 1 saturated carbocycles. The van der Waals surface area contributed by atoms with E-state index in [1.165, 1.54) is 5.56 Å². The van der Waals surface area contributed by atoms with Crippen LogP contribution in [0.25, 0.3) is 5.65 Å². The van der Waals surface area contributed by atoms with Gasteiger partial charge in [-0.25, -0.2) is 9.50 Å². The summed E-state index contributed by atoms with van der Waals surface area (Å²) >= 11 is 6.22. The van der Waals surface area contributed by atoms with Crippen molar-refractivity contribution < 1.29 is 4.79 Å². The number of aryl methyl sites for hydroxylation is 1. The minimum Gasteiger partial charge on any atom is -0.299 e. The topological polar surface area (TPSA) is 60.2 Å². The lowest BCUT2D eigenvalue weighted by Crippen LogP contribution is -2.09. The summed E-state index contributed by atoms with van der Waals surface area (Å²) in [6.45, 7) is 1.89. The zero-order chi connectivity index (χ0) is 16.0. The van der Waals surface area contributed by atoms with E-state index in [0.717, 1.165) is 12.1 Å². The fraction of sp³-hybridized carbons (Fsp3) is 0.294. The molecule has 0 aromatic carbocycles. The van der Waals surface area contributed by atoms with Gasteiger partial charge < -0.3 is 0 Å². The number of pyridine rings is 1. The third-order valence-electron chi connectivity index (χ3n) is 4.25. The second kappa shape index (κ2) is 5.42. The Morgan fingerprint density at radius 3 is 2.91 bits per heavy atom. The zero-order valence-electron chi connectivity index (χ0n) is 12.6. The number of aromatic nitrogens is 4. The Kier molecular flexibility index (Phi) is 3.38. The highest BCUT2D eigenvalue weighted by Crippen LogP contribution is 2.48. The van der Waals surface area contributed by atoms with E-state index in [2.05, 4.69) is 15.1 Å². The Morgan fingerprint density at radius 2 is 2.13 bits per heavy atom. The van der Waals surface area contributed by atoms with Crippen LogP contribution in [0, 0.1) is 12.8 Å². The number of carbonyl (C=O) groups excluding carboxylic acids is 1. The summed E-state index contributed by atoms with van der Waals surface area (Å²) in [6, 6.07) is 7.54. The number of hydrogen-bond donors (Lipinski definition) is 0. The molecule has 1 aliphatic rings. The summed E-state index contributed by atoms with van der Waals surface area (Å²) in [5, 5.41) is 4.74. The Morgan fingerprint density at radius 1 is 1.35 bits per heavy atom. The smallest absolute Gasteiger partial charge is 0.157 e. The van der Waals surface area contributed by atoms with Crippen LogP contribution in [-0.2, 0) is 11.2 Å². The molecule has 116 valence electrons. The average Bonchev–Trinajstić information content (AvgIpc) is 3.24. The summed E-state index contributed by atoms with van der Waals surface area (Å²) in [4.78, 5) is 21.0. The highest BCUT2D eigenvalue weighted by molar-refractivity contribution is 6.29. The number of rotatable bonds is 4. The minimum absolute atomic E-state index is 0.0841. The van der Waals surface area contributed by atoms with Crippen LogP contribution in [-0.4, -0.2) is 25.4 Å². The van der Waals surface area contributed by atoms with Crippen LogP contribution in [0.5, 0.6) is 0 Å². The molecule has 0 amide bonds. The van der Waals surface area contributed by atoms with Crippen LogP contribution in [0.15, 0.2) is 36.7 Å². The number of fused-ring (bicyclic) bond motifs is 1. The Balaban J connectivity index is 1.51. The van der Waals surface area contributed by atoms with E-state index in [0.29, 0.717) is 28.8 Å². The van der Waals surface area contributed by atoms with Gasteiger partial charge in [0.2, 0.25) is 0 Å². The first-order chi connectivity index (χ1) is 11.1. The van der Waals surface area contributed by atoms with Gasteiger partial charge in [0.25, 0.3) is 0 Å². The van der Waals surface area contributed by atoms with Crippen LogP contribution < -0.4 is 0 Å². The van der Waals surface area contributed by atoms with Gasteiger partial charge >= 0.3 is 0 Å². The van der Waals surface area contributed by atoms with E-state index >= 15 is 0 Å². The average molecular weight is 327 g/mol. The fourth-order valence-corrected chi connectivity index (χ4v) is 3.28. The Bertz CT molecular complexity index is 890. The molecular weight excluding hydrogens is 312 g/mol. The first-order valence-corrected chi connectivity index (χ1v) is 7.94. The van der Waals surface area contributed by atoms with Crippen LogP contribution in [0.4, 0.5) is 0 Å². The Hall–Kier alpha value is -2.27. The molecule has 2 atom stereocenters. The number of hydrogen-bond acceptors (Lipinski definition) is 4. The molecule has 3 heterocycles. The van der Waals surface area contributed by atoms with E-state index in [9.17, 15) is 4.79 Å². The highest BCUT2D eigenvalue weighted by atomic mass is 35.5. The van der Waals surface area contributed by atoms with Crippen molar-refractivity contribution in [3.63, 3.8) is 0 Å². The van der Waals surface area contributed by atoms with Gasteiger partial charge in [-0.05, 0) is 43.0 Å². The van der Waals surface area contributed by atoms with Crippen molar-refractivity contribution in [1.82, 2.24) is 19.6 Å². The first-order valence-electron chi connectivity index (χ1n) is 7.56. The maximum Gasteiger partial charge on any atom is 0.157 e. The molecule has 3 aromatic rings. The number of nitrogens with zero attached hydrogens (tertiary/aromatic N) is 4. The molecule has 0 saturated heterocycles. The van der Waals surface area contributed by atoms with E-state index in [-0.39, 0.29) is 11.7 Å². The van der Waals surface area contributed by atoms with E-state index in [4.69, 9.17) is 11.6 Å². The largest absolute Gasteiger partial charge is 0.299 e. The monoisotopic (exact) mass is 326 g/mol. The lowest BCUT2D eigenvalue weighted by Gasteiger charge is -2.03. The molecule has 0 aliphatic heterocycles. The number of ketones is 1.